The van der Waals surface area contributed by atoms with E-state index in [1.165, 1.54) is 0 Å². The molecule has 2 aromatic rings. The van der Waals surface area contributed by atoms with Crippen LogP contribution in [0, 0.1) is 0 Å². The molecule has 0 spiro atoms. The van der Waals surface area contributed by atoms with Gasteiger partial charge in [-0.1, -0.05) is 24.9 Å². The van der Waals surface area contributed by atoms with Crippen molar-refractivity contribution >= 4 is 17.6 Å². The molecule has 7 heteroatoms. The maximum absolute atomic E-state index is 10.7. The highest BCUT2D eigenvalue weighted by atomic mass is 35.5. The average Bonchev–Trinajstić information content (AvgIpc) is 2.90. The van der Waals surface area contributed by atoms with Gasteiger partial charge in [-0.05, 0) is 24.6 Å². The number of rotatable bonds is 6. The first-order valence-electron chi connectivity index (χ1n) is 6.11. The van der Waals surface area contributed by atoms with E-state index in [0.717, 1.165) is 12.8 Å². The maximum Gasteiger partial charge on any atom is 0.393 e. The fourth-order valence-corrected chi connectivity index (χ4v) is 1.74. The predicted octanol–water partition coefficient (Wildman–Crippen LogP) is 3.27. The van der Waals surface area contributed by atoms with Crippen molar-refractivity contribution in [3.8, 4) is 17.2 Å². The number of ether oxygens (including phenoxy) is 1. The fourth-order valence-electron chi connectivity index (χ4n) is 1.50. The number of carbonyl (C=O) groups is 1. The average molecular weight is 297 g/mol. The molecule has 20 heavy (non-hydrogen) atoms. The van der Waals surface area contributed by atoms with Crippen LogP contribution in [0.15, 0.2) is 22.6 Å². The maximum atomic E-state index is 10.7. The predicted molar refractivity (Wildman–Crippen MR) is 72.1 cm³/mol. The normalized spacial score (nSPS) is 10.5. The molecule has 0 atom stereocenters. The monoisotopic (exact) mass is 296 g/mol. The number of benzene rings is 1. The molecule has 0 aliphatic heterocycles. The Morgan fingerprint density at radius 2 is 2.25 bits per heavy atom. The van der Waals surface area contributed by atoms with Gasteiger partial charge in [0, 0.05) is 5.56 Å². The first-order chi connectivity index (χ1) is 9.61. The minimum absolute atomic E-state index is 0.101. The Labute approximate surface area is 120 Å². The number of unbranched alkanes of at least 4 members (excludes halogenated alkanes) is 1. The molecule has 0 saturated heterocycles. The number of hydrogen-bond donors (Lipinski definition) is 1. The molecule has 0 aliphatic carbocycles. The topological polar surface area (TPSA) is 85.5 Å². The summed E-state index contributed by atoms with van der Waals surface area (Å²) >= 11 is 6.10. The largest absolute Gasteiger partial charge is 0.492 e. The highest BCUT2D eigenvalue weighted by Crippen LogP contribution is 2.30. The van der Waals surface area contributed by atoms with Gasteiger partial charge in [0.2, 0.25) is 5.89 Å². The lowest BCUT2D eigenvalue weighted by Crippen LogP contribution is -1.97. The molecule has 0 aliphatic rings. The highest BCUT2D eigenvalue weighted by Gasteiger charge is 2.15. The molecule has 1 N–H and O–H groups in total. The second kappa shape index (κ2) is 6.38. The molecular formula is C13H13ClN2O4. The Kier molecular flexibility index (Phi) is 4.57. The summed E-state index contributed by atoms with van der Waals surface area (Å²) in [6, 6.07) is 4.98. The Bertz CT molecular complexity index is 612. The highest BCUT2D eigenvalue weighted by molar-refractivity contribution is 6.32. The number of carboxylic acid groups (broad SMARTS) is 1. The third kappa shape index (κ3) is 3.27. The van der Waals surface area contributed by atoms with Crippen molar-refractivity contribution in [1.29, 1.82) is 0 Å². The van der Waals surface area contributed by atoms with E-state index in [4.69, 9.17) is 25.9 Å². The van der Waals surface area contributed by atoms with Crippen LogP contribution in [0.2, 0.25) is 5.02 Å². The minimum Gasteiger partial charge on any atom is -0.492 e. The number of aromatic nitrogens is 2. The molecule has 2 rings (SSSR count). The summed E-state index contributed by atoms with van der Waals surface area (Å²) in [4.78, 5) is 10.7. The molecule has 1 heterocycles. The van der Waals surface area contributed by atoms with Gasteiger partial charge in [0.15, 0.2) is 0 Å². The first kappa shape index (κ1) is 14.3. The smallest absolute Gasteiger partial charge is 0.393 e. The molecule has 1 aromatic carbocycles. The Hall–Kier alpha value is -2.08. The van der Waals surface area contributed by atoms with Crippen LogP contribution in [0.25, 0.3) is 11.5 Å². The van der Waals surface area contributed by atoms with Gasteiger partial charge < -0.3 is 14.3 Å². The molecule has 1 aromatic heterocycles. The minimum atomic E-state index is -1.27. The van der Waals surface area contributed by atoms with Crippen LogP contribution < -0.4 is 4.74 Å². The zero-order valence-electron chi connectivity index (χ0n) is 10.8. The lowest BCUT2D eigenvalue weighted by Gasteiger charge is -2.07. The zero-order chi connectivity index (χ0) is 14.5. The van der Waals surface area contributed by atoms with Crippen LogP contribution in [0.5, 0.6) is 5.75 Å². The molecule has 6 nitrogen and oxygen atoms in total. The van der Waals surface area contributed by atoms with Gasteiger partial charge in [-0.2, -0.15) is 0 Å². The summed E-state index contributed by atoms with van der Waals surface area (Å²) < 4.78 is 10.5. The second-order valence-corrected chi connectivity index (χ2v) is 4.47. The van der Waals surface area contributed by atoms with Crippen molar-refractivity contribution in [2.45, 2.75) is 19.8 Å². The van der Waals surface area contributed by atoms with Crippen molar-refractivity contribution < 1.29 is 19.1 Å². The number of nitrogens with zero attached hydrogens (tertiary/aromatic N) is 2. The lowest BCUT2D eigenvalue weighted by atomic mass is 10.2. The number of aromatic carboxylic acids is 1. The van der Waals surface area contributed by atoms with Crippen molar-refractivity contribution in [2.24, 2.45) is 0 Å². The first-order valence-corrected chi connectivity index (χ1v) is 6.49. The summed E-state index contributed by atoms with van der Waals surface area (Å²) in [7, 11) is 0. The third-order valence-corrected chi connectivity index (χ3v) is 2.84. The Morgan fingerprint density at radius 3 is 2.85 bits per heavy atom. The molecule has 0 fully saturated rings. The van der Waals surface area contributed by atoms with Gasteiger partial charge in [0.05, 0.1) is 11.6 Å². The van der Waals surface area contributed by atoms with Crippen LogP contribution >= 0.6 is 11.6 Å². The van der Waals surface area contributed by atoms with E-state index in [1.54, 1.807) is 18.2 Å². The number of carboxylic acids is 1. The summed E-state index contributed by atoms with van der Waals surface area (Å²) in [6.07, 6.45) is 1.99. The van der Waals surface area contributed by atoms with Gasteiger partial charge >= 0.3 is 11.9 Å². The van der Waals surface area contributed by atoms with Gasteiger partial charge in [-0.15, -0.1) is 10.2 Å². The van der Waals surface area contributed by atoms with Gasteiger partial charge in [-0.3, -0.25) is 0 Å². The standard InChI is InChI=1S/C13H13ClN2O4/c1-2-3-6-19-10-5-4-8(7-9(10)14)11-15-16-12(20-11)13(17)18/h4-5,7H,2-3,6H2,1H3,(H,17,18). The number of hydrogen-bond acceptors (Lipinski definition) is 5. The van der Waals surface area contributed by atoms with Crippen LogP contribution in [0.1, 0.15) is 30.5 Å². The van der Waals surface area contributed by atoms with Crippen LogP contribution in [-0.4, -0.2) is 27.9 Å². The van der Waals surface area contributed by atoms with Crippen molar-refractivity contribution in [3.63, 3.8) is 0 Å². The van der Waals surface area contributed by atoms with Crippen molar-refractivity contribution in [2.75, 3.05) is 6.61 Å². The summed E-state index contributed by atoms with van der Waals surface area (Å²) in [5, 5.41) is 16.2. The van der Waals surface area contributed by atoms with E-state index in [0.29, 0.717) is 22.9 Å². The summed E-state index contributed by atoms with van der Waals surface area (Å²) in [5.41, 5.74) is 0.540. The van der Waals surface area contributed by atoms with Crippen molar-refractivity contribution in [3.05, 3.63) is 29.1 Å². The van der Waals surface area contributed by atoms with Crippen LogP contribution in [-0.2, 0) is 0 Å². The molecule has 0 amide bonds. The zero-order valence-corrected chi connectivity index (χ0v) is 11.6. The third-order valence-electron chi connectivity index (χ3n) is 2.54. The van der Waals surface area contributed by atoms with E-state index in [-0.39, 0.29) is 5.89 Å². The molecular weight excluding hydrogens is 284 g/mol. The van der Waals surface area contributed by atoms with Crippen molar-refractivity contribution in [1.82, 2.24) is 10.2 Å². The van der Waals surface area contributed by atoms with Crippen LogP contribution in [0.4, 0.5) is 0 Å². The fraction of sp³-hybridized carbons (Fsp3) is 0.308. The van der Waals surface area contributed by atoms with Gasteiger partial charge in [0.25, 0.3) is 0 Å². The van der Waals surface area contributed by atoms with E-state index in [2.05, 4.69) is 17.1 Å². The van der Waals surface area contributed by atoms with Gasteiger partial charge in [0.1, 0.15) is 5.75 Å². The van der Waals surface area contributed by atoms with E-state index in [9.17, 15) is 4.79 Å². The van der Waals surface area contributed by atoms with Gasteiger partial charge in [-0.25, -0.2) is 4.79 Å². The molecule has 0 unspecified atom stereocenters. The lowest BCUT2D eigenvalue weighted by molar-refractivity contribution is 0.0654. The van der Waals surface area contributed by atoms with E-state index in [1.807, 2.05) is 0 Å². The Morgan fingerprint density at radius 1 is 1.45 bits per heavy atom. The Balaban J connectivity index is 2.17. The SMILES string of the molecule is CCCCOc1ccc(-c2nnc(C(=O)O)o2)cc1Cl. The second-order valence-electron chi connectivity index (χ2n) is 4.06. The molecule has 0 radical (unpaired) electrons. The summed E-state index contributed by atoms with van der Waals surface area (Å²) in [5.74, 6) is -1.06. The number of halogens is 1. The quantitative estimate of drug-likeness (QED) is 0.823. The molecule has 0 bridgehead atoms. The molecule has 0 saturated carbocycles. The van der Waals surface area contributed by atoms with E-state index < -0.39 is 11.9 Å². The summed E-state index contributed by atoms with van der Waals surface area (Å²) in [6.45, 7) is 2.67. The van der Waals surface area contributed by atoms with Crippen LogP contribution in [0.3, 0.4) is 0 Å². The van der Waals surface area contributed by atoms with E-state index >= 15 is 0 Å². The molecule has 106 valence electrons.